The zero-order valence-corrected chi connectivity index (χ0v) is 15.4. The molecular formula is C16H23N5O3S. The molecule has 3 N–H and O–H groups in total. The summed E-state index contributed by atoms with van der Waals surface area (Å²) in [5.41, 5.74) is 0.826. The van der Waals surface area contributed by atoms with Gasteiger partial charge in [-0.3, -0.25) is 0 Å². The van der Waals surface area contributed by atoms with Crippen molar-refractivity contribution in [3.8, 4) is 5.75 Å². The van der Waals surface area contributed by atoms with Gasteiger partial charge in [-0.1, -0.05) is 0 Å². The third kappa shape index (κ3) is 5.57. The lowest BCUT2D eigenvalue weighted by atomic mass is 10.3. The van der Waals surface area contributed by atoms with Gasteiger partial charge in [-0.15, -0.1) is 0 Å². The Bertz CT molecular complexity index is 794. The van der Waals surface area contributed by atoms with Crippen molar-refractivity contribution in [2.45, 2.75) is 18.7 Å². The summed E-state index contributed by atoms with van der Waals surface area (Å²) < 4.78 is 32.0. The molecule has 9 heteroatoms. The van der Waals surface area contributed by atoms with Crippen LogP contribution in [0.5, 0.6) is 5.75 Å². The molecule has 0 aliphatic rings. The molecule has 0 aliphatic heterocycles. The molecule has 1 aromatic carbocycles. The Morgan fingerprint density at radius 3 is 2.44 bits per heavy atom. The summed E-state index contributed by atoms with van der Waals surface area (Å²) in [6.07, 6.45) is 0. The topological polar surface area (TPSA) is 105 Å². The number of hydrogen-bond acceptors (Lipinski definition) is 7. The Labute approximate surface area is 148 Å². The van der Waals surface area contributed by atoms with Crippen LogP contribution in [0.2, 0.25) is 0 Å². The summed E-state index contributed by atoms with van der Waals surface area (Å²) in [7, 11) is -2.03. The fourth-order valence-electron chi connectivity index (χ4n) is 2.12. The minimum atomic E-state index is -3.56. The van der Waals surface area contributed by atoms with E-state index < -0.39 is 10.0 Å². The predicted octanol–water partition coefficient (Wildman–Crippen LogP) is 1.62. The van der Waals surface area contributed by atoms with Gasteiger partial charge in [0, 0.05) is 31.4 Å². The van der Waals surface area contributed by atoms with Crippen molar-refractivity contribution < 1.29 is 13.2 Å². The first-order chi connectivity index (χ1) is 11.9. The zero-order valence-electron chi connectivity index (χ0n) is 14.5. The lowest BCUT2D eigenvalue weighted by Crippen LogP contribution is -2.29. The van der Waals surface area contributed by atoms with Crippen LogP contribution in [-0.2, 0) is 10.0 Å². The standard InChI is InChI=1S/C16H23N5O3S/c1-4-17-15-11-12(2)20-16(21-15)18-9-10-19-25(22,23)14-7-5-13(24-3)6-8-14/h5-8,11,19H,4,9-10H2,1-3H3,(H2,17,18,20,21). The Kier molecular flexibility index (Phi) is 6.54. The van der Waals surface area contributed by atoms with E-state index in [1.807, 2.05) is 19.9 Å². The normalized spacial score (nSPS) is 11.2. The molecule has 2 aromatic rings. The van der Waals surface area contributed by atoms with Crippen LogP contribution in [0.4, 0.5) is 11.8 Å². The molecule has 0 amide bonds. The second-order valence-electron chi connectivity index (χ2n) is 5.25. The van der Waals surface area contributed by atoms with Gasteiger partial charge in [-0.05, 0) is 38.1 Å². The van der Waals surface area contributed by atoms with Gasteiger partial charge in [-0.25, -0.2) is 18.1 Å². The smallest absolute Gasteiger partial charge is 0.240 e. The minimum Gasteiger partial charge on any atom is -0.497 e. The molecule has 2 rings (SSSR count). The van der Waals surface area contributed by atoms with Crippen molar-refractivity contribution in [3.63, 3.8) is 0 Å². The monoisotopic (exact) mass is 365 g/mol. The third-order valence-electron chi connectivity index (χ3n) is 3.28. The first-order valence-electron chi connectivity index (χ1n) is 7.91. The maximum atomic E-state index is 12.2. The Balaban J connectivity index is 1.89. The molecule has 0 unspecified atom stereocenters. The van der Waals surface area contributed by atoms with E-state index in [1.54, 1.807) is 12.1 Å². The maximum absolute atomic E-state index is 12.2. The van der Waals surface area contributed by atoms with Gasteiger partial charge in [0.15, 0.2) is 0 Å². The molecule has 0 saturated carbocycles. The van der Waals surface area contributed by atoms with E-state index >= 15 is 0 Å². The molecule has 0 atom stereocenters. The van der Waals surface area contributed by atoms with Gasteiger partial charge >= 0.3 is 0 Å². The first-order valence-corrected chi connectivity index (χ1v) is 9.40. The van der Waals surface area contributed by atoms with Gasteiger partial charge in [0.1, 0.15) is 11.6 Å². The van der Waals surface area contributed by atoms with Gasteiger partial charge in [0.2, 0.25) is 16.0 Å². The van der Waals surface area contributed by atoms with Crippen LogP contribution in [0, 0.1) is 6.92 Å². The van der Waals surface area contributed by atoms with E-state index in [0.29, 0.717) is 18.2 Å². The number of aromatic nitrogens is 2. The van der Waals surface area contributed by atoms with Crippen molar-refractivity contribution in [3.05, 3.63) is 36.0 Å². The molecule has 0 radical (unpaired) electrons. The fraction of sp³-hybridized carbons (Fsp3) is 0.375. The van der Waals surface area contributed by atoms with E-state index in [-0.39, 0.29) is 11.4 Å². The highest BCUT2D eigenvalue weighted by atomic mass is 32.2. The van der Waals surface area contributed by atoms with Crippen LogP contribution in [0.1, 0.15) is 12.6 Å². The molecule has 1 heterocycles. The van der Waals surface area contributed by atoms with Crippen molar-refractivity contribution in [2.24, 2.45) is 0 Å². The van der Waals surface area contributed by atoms with E-state index in [2.05, 4.69) is 25.3 Å². The van der Waals surface area contributed by atoms with Crippen molar-refractivity contribution in [2.75, 3.05) is 37.4 Å². The summed E-state index contributed by atoms with van der Waals surface area (Å²) in [6, 6.07) is 8.06. The maximum Gasteiger partial charge on any atom is 0.240 e. The molecule has 1 aromatic heterocycles. The third-order valence-corrected chi connectivity index (χ3v) is 4.76. The largest absolute Gasteiger partial charge is 0.497 e. The Morgan fingerprint density at radius 2 is 1.80 bits per heavy atom. The quantitative estimate of drug-likeness (QED) is 0.580. The van der Waals surface area contributed by atoms with Gasteiger partial charge < -0.3 is 15.4 Å². The van der Waals surface area contributed by atoms with Crippen molar-refractivity contribution in [1.29, 1.82) is 0 Å². The van der Waals surface area contributed by atoms with Crippen molar-refractivity contribution in [1.82, 2.24) is 14.7 Å². The van der Waals surface area contributed by atoms with Gasteiger partial charge in [-0.2, -0.15) is 4.98 Å². The van der Waals surface area contributed by atoms with Gasteiger partial charge in [0.25, 0.3) is 0 Å². The number of nitrogens with zero attached hydrogens (tertiary/aromatic N) is 2. The van der Waals surface area contributed by atoms with E-state index in [1.165, 1.54) is 19.2 Å². The van der Waals surface area contributed by atoms with Crippen LogP contribution in [0.3, 0.4) is 0 Å². The highest BCUT2D eigenvalue weighted by Crippen LogP contribution is 2.15. The number of sulfonamides is 1. The second kappa shape index (κ2) is 8.63. The summed E-state index contributed by atoms with van der Waals surface area (Å²) in [4.78, 5) is 8.77. The fourth-order valence-corrected chi connectivity index (χ4v) is 3.15. The van der Waals surface area contributed by atoms with Crippen LogP contribution >= 0.6 is 0 Å². The summed E-state index contributed by atoms with van der Waals surface area (Å²) >= 11 is 0. The average molecular weight is 365 g/mol. The summed E-state index contributed by atoms with van der Waals surface area (Å²) in [5, 5.41) is 6.14. The molecule has 8 nitrogen and oxygen atoms in total. The van der Waals surface area contributed by atoms with Gasteiger partial charge in [0.05, 0.1) is 12.0 Å². The molecule has 25 heavy (non-hydrogen) atoms. The predicted molar refractivity (Wildman–Crippen MR) is 97.6 cm³/mol. The van der Waals surface area contributed by atoms with Crippen LogP contribution in [0.15, 0.2) is 35.2 Å². The number of nitrogens with one attached hydrogen (secondary N) is 3. The number of ether oxygens (including phenoxy) is 1. The number of anilines is 2. The number of hydrogen-bond donors (Lipinski definition) is 3. The molecular weight excluding hydrogens is 342 g/mol. The highest BCUT2D eigenvalue weighted by Gasteiger charge is 2.13. The van der Waals surface area contributed by atoms with Crippen molar-refractivity contribution >= 4 is 21.8 Å². The molecule has 0 aliphatic carbocycles. The van der Waals surface area contributed by atoms with E-state index in [4.69, 9.17) is 4.74 Å². The Morgan fingerprint density at radius 1 is 1.08 bits per heavy atom. The number of aryl methyl sites for hydroxylation is 1. The summed E-state index contributed by atoms with van der Waals surface area (Å²) in [6.45, 7) is 5.20. The number of methoxy groups -OCH3 is 1. The lowest BCUT2D eigenvalue weighted by molar-refractivity contribution is 0.414. The first kappa shape index (κ1) is 18.9. The van der Waals surface area contributed by atoms with E-state index in [0.717, 1.165) is 18.1 Å². The molecule has 136 valence electrons. The second-order valence-corrected chi connectivity index (χ2v) is 7.02. The lowest BCUT2D eigenvalue weighted by Gasteiger charge is -2.10. The molecule has 0 spiro atoms. The molecule has 0 fully saturated rings. The van der Waals surface area contributed by atoms with Crippen LogP contribution < -0.4 is 20.1 Å². The summed E-state index contributed by atoms with van der Waals surface area (Å²) in [5.74, 6) is 1.80. The van der Waals surface area contributed by atoms with E-state index in [9.17, 15) is 8.42 Å². The minimum absolute atomic E-state index is 0.189. The zero-order chi connectivity index (χ0) is 18.3. The van der Waals surface area contributed by atoms with Crippen LogP contribution in [-0.4, -0.2) is 45.1 Å². The highest BCUT2D eigenvalue weighted by molar-refractivity contribution is 7.89. The SMILES string of the molecule is CCNc1cc(C)nc(NCCNS(=O)(=O)c2ccc(OC)cc2)n1. The Hall–Kier alpha value is -2.39. The number of rotatable bonds is 9. The average Bonchev–Trinajstić information content (AvgIpc) is 2.59. The molecule has 0 saturated heterocycles. The van der Waals surface area contributed by atoms with Crippen LogP contribution in [0.25, 0.3) is 0 Å². The number of benzene rings is 1. The molecule has 0 bridgehead atoms.